The average molecular weight is 427 g/mol. The molecule has 0 aliphatic carbocycles. The lowest BCUT2D eigenvalue weighted by molar-refractivity contribution is -0.141. The summed E-state index contributed by atoms with van der Waals surface area (Å²) in [6.07, 6.45) is -1.96. The molecule has 0 atom stereocenters. The number of aromatic nitrogens is 5. The molecular weight excluding hydrogens is 410 g/mol. The van der Waals surface area contributed by atoms with Crippen LogP contribution in [0.3, 0.4) is 0 Å². The van der Waals surface area contributed by atoms with Crippen molar-refractivity contribution >= 4 is 0 Å². The fourth-order valence-electron chi connectivity index (χ4n) is 3.14. The number of halogens is 4. The Morgan fingerprint density at radius 3 is 2.19 bits per heavy atom. The summed E-state index contributed by atoms with van der Waals surface area (Å²) >= 11 is 0. The smallest absolute Gasteiger partial charge is 0.252 e. The Hall–Kier alpha value is -3.62. The number of hydrogen-bond acceptors (Lipinski definition) is 4. The third-order valence-corrected chi connectivity index (χ3v) is 4.91. The molecule has 158 valence electrons. The van der Waals surface area contributed by atoms with Crippen LogP contribution in [0.15, 0.2) is 67.0 Å². The highest BCUT2D eigenvalue weighted by Gasteiger charge is 2.34. The minimum atomic E-state index is -4.53. The minimum absolute atomic E-state index is 0.246. The van der Waals surface area contributed by atoms with Crippen molar-refractivity contribution in [2.24, 2.45) is 0 Å². The number of rotatable bonds is 4. The molecule has 31 heavy (non-hydrogen) atoms. The highest BCUT2D eigenvalue weighted by molar-refractivity contribution is 5.59. The van der Waals surface area contributed by atoms with E-state index in [1.165, 1.54) is 12.4 Å². The van der Waals surface area contributed by atoms with Gasteiger partial charge < -0.3 is 0 Å². The summed E-state index contributed by atoms with van der Waals surface area (Å²) < 4.78 is 53.8. The van der Waals surface area contributed by atoms with E-state index in [-0.39, 0.29) is 11.4 Å². The van der Waals surface area contributed by atoms with Crippen LogP contribution in [0, 0.1) is 5.95 Å². The van der Waals surface area contributed by atoms with Crippen molar-refractivity contribution in [3.8, 4) is 17.1 Å². The molecule has 4 aromatic rings. The molecule has 4 heterocycles. The van der Waals surface area contributed by atoms with Crippen molar-refractivity contribution in [3.05, 3.63) is 90.0 Å². The number of alkyl halides is 3. The van der Waals surface area contributed by atoms with Gasteiger partial charge in [-0.1, -0.05) is 12.1 Å². The SMILES string of the molecule is CC(C)(c1cccc(-c2cccnc2F)n1)c1cccc(-n2ccc(C(F)(F)F)n2)n1. The lowest BCUT2D eigenvalue weighted by Crippen LogP contribution is -2.23. The topological polar surface area (TPSA) is 56.5 Å². The summed E-state index contributed by atoms with van der Waals surface area (Å²) in [5, 5.41) is 3.58. The fraction of sp³-hybridized carbons (Fsp3) is 0.182. The second-order valence-corrected chi connectivity index (χ2v) is 7.40. The van der Waals surface area contributed by atoms with Crippen LogP contribution >= 0.6 is 0 Å². The van der Waals surface area contributed by atoms with Gasteiger partial charge in [-0.25, -0.2) is 14.6 Å². The molecule has 0 aliphatic rings. The van der Waals surface area contributed by atoms with Gasteiger partial charge in [-0.05, 0) is 56.3 Å². The lowest BCUT2D eigenvalue weighted by atomic mass is 9.84. The van der Waals surface area contributed by atoms with Crippen molar-refractivity contribution < 1.29 is 17.6 Å². The fourth-order valence-corrected chi connectivity index (χ4v) is 3.14. The standard InChI is InChI=1S/C22H17F4N5/c1-21(2,16-8-3-7-15(28-16)14-6-5-12-27-20(14)23)17-9-4-10-19(29-17)31-13-11-18(30-31)22(24,25)26/h3-13H,1-2H3. The van der Waals surface area contributed by atoms with Crippen LogP contribution in [0.2, 0.25) is 0 Å². The van der Waals surface area contributed by atoms with E-state index in [0.29, 0.717) is 17.1 Å². The molecule has 0 spiro atoms. The summed E-state index contributed by atoms with van der Waals surface area (Å²) in [6, 6.07) is 14.4. The Balaban J connectivity index is 1.72. The highest BCUT2D eigenvalue weighted by Crippen LogP contribution is 2.32. The Kier molecular flexibility index (Phi) is 5.04. The van der Waals surface area contributed by atoms with Gasteiger partial charge in [0.25, 0.3) is 0 Å². The second-order valence-electron chi connectivity index (χ2n) is 7.40. The van der Waals surface area contributed by atoms with E-state index in [0.717, 1.165) is 10.7 Å². The third kappa shape index (κ3) is 4.03. The minimum Gasteiger partial charge on any atom is -0.252 e. The van der Waals surface area contributed by atoms with Crippen LogP contribution in [-0.4, -0.2) is 24.7 Å². The maximum Gasteiger partial charge on any atom is 0.435 e. The van der Waals surface area contributed by atoms with E-state index >= 15 is 0 Å². The van der Waals surface area contributed by atoms with Crippen LogP contribution < -0.4 is 0 Å². The van der Waals surface area contributed by atoms with Gasteiger partial charge in [0.05, 0.1) is 22.6 Å². The first-order valence-corrected chi connectivity index (χ1v) is 9.35. The van der Waals surface area contributed by atoms with Crippen LogP contribution in [0.4, 0.5) is 17.6 Å². The third-order valence-electron chi connectivity index (χ3n) is 4.91. The normalized spacial score (nSPS) is 12.2. The molecule has 0 unspecified atom stereocenters. The quantitative estimate of drug-likeness (QED) is 0.332. The predicted octanol–water partition coefficient (Wildman–Crippen LogP) is 5.21. The van der Waals surface area contributed by atoms with Crippen molar-refractivity contribution in [3.63, 3.8) is 0 Å². The van der Waals surface area contributed by atoms with E-state index in [1.807, 2.05) is 13.8 Å². The molecular formula is C22H17F4N5. The van der Waals surface area contributed by atoms with E-state index in [1.54, 1.807) is 48.5 Å². The molecule has 0 saturated carbocycles. The first-order valence-electron chi connectivity index (χ1n) is 9.35. The summed E-state index contributed by atoms with van der Waals surface area (Å²) in [4.78, 5) is 12.8. The maximum absolute atomic E-state index is 14.1. The number of nitrogens with zero attached hydrogens (tertiary/aromatic N) is 5. The molecule has 0 saturated heterocycles. The van der Waals surface area contributed by atoms with Crippen molar-refractivity contribution in [2.45, 2.75) is 25.4 Å². The van der Waals surface area contributed by atoms with Crippen molar-refractivity contribution in [2.75, 3.05) is 0 Å². The summed E-state index contributed by atoms with van der Waals surface area (Å²) in [5.41, 5.74) is 0.184. The van der Waals surface area contributed by atoms with Gasteiger partial charge >= 0.3 is 6.18 Å². The average Bonchev–Trinajstić information content (AvgIpc) is 3.25. The zero-order chi connectivity index (χ0) is 22.2. The lowest BCUT2D eigenvalue weighted by Gasteiger charge is -2.24. The molecule has 4 aromatic heterocycles. The molecule has 0 aliphatic heterocycles. The van der Waals surface area contributed by atoms with Crippen LogP contribution in [0.1, 0.15) is 30.9 Å². The largest absolute Gasteiger partial charge is 0.435 e. The van der Waals surface area contributed by atoms with Crippen LogP contribution in [-0.2, 0) is 11.6 Å². The Labute approximate surface area is 175 Å². The van der Waals surface area contributed by atoms with Gasteiger partial charge in [0.1, 0.15) is 0 Å². The molecule has 5 nitrogen and oxygen atoms in total. The van der Waals surface area contributed by atoms with Gasteiger partial charge in [0, 0.05) is 17.8 Å². The maximum atomic E-state index is 14.1. The van der Waals surface area contributed by atoms with E-state index in [2.05, 4.69) is 20.1 Å². The molecule has 0 amide bonds. The highest BCUT2D eigenvalue weighted by atomic mass is 19.4. The van der Waals surface area contributed by atoms with Crippen molar-refractivity contribution in [1.82, 2.24) is 24.7 Å². The second kappa shape index (κ2) is 7.57. The molecule has 0 N–H and O–H groups in total. The first-order chi connectivity index (χ1) is 14.7. The van der Waals surface area contributed by atoms with Crippen LogP contribution in [0.5, 0.6) is 0 Å². The summed E-state index contributed by atoms with van der Waals surface area (Å²) in [7, 11) is 0. The zero-order valence-corrected chi connectivity index (χ0v) is 16.6. The van der Waals surface area contributed by atoms with Crippen LogP contribution in [0.25, 0.3) is 17.1 Å². The molecule has 9 heteroatoms. The van der Waals surface area contributed by atoms with E-state index in [4.69, 9.17) is 0 Å². The van der Waals surface area contributed by atoms with Gasteiger partial charge in [-0.2, -0.15) is 22.7 Å². The molecule has 4 rings (SSSR count). The summed E-state index contributed by atoms with van der Waals surface area (Å²) in [6.45, 7) is 3.77. The van der Waals surface area contributed by atoms with E-state index in [9.17, 15) is 17.6 Å². The predicted molar refractivity (Wildman–Crippen MR) is 106 cm³/mol. The number of hydrogen-bond donors (Lipinski definition) is 0. The number of pyridine rings is 3. The zero-order valence-electron chi connectivity index (χ0n) is 16.6. The van der Waals surface area contributed by atoms with Gasteiger partial charge in [-0.3, -0.25) is 4.98 Å². The Morgan fingerprint density at radius 2 is 1.52 bits per heavy atom. The first kappa shape index (κ1) is 20.6. The Morgan fingerprint density at radius 1 is 0.806 bits per heavy atom. The molecule has 0 fully saturated rings. The monoisotopic (exact) mass is 427 g/mol. The summed E-state index contributed by atoms with van der Waals surface area (Å²) in [5.74, 6) is -0.375. The Bertz CT molecular complexity index is 1230. The molecule has 0 bridgehead atoms. The van der Waals surface area contributed by atoms with Gasteiger partial charge in [-0.15, -0.1) is 0 Å². The molecule has 0 aromatic carbocycles. The van der Waals surface area contributed by atoms with Gasteiger partial charge in [0.2, 0.25) is 5.95 Å². The van der Waals surface area contributed by atoms with Crippen molar-refractivity contribution in [1.29, 1.82) is 0 Å². The van der Waals surface area contributed by atoms with Gasteiger partial charge in [0.15, 0.2) is 11.5 Å². The van der Waals surface area contributed by atoms with E-state index < -0.39 is 23.2 Å². The molecule has 0 radical (unpaired) electrons.